The minimum absolute atomic E-state index is 0.245. The Morgan fingerprint density at radius 1 is 1.07 bits per heavy atom. The monoisotopic (exact) mass is 195 g/mol. The molecule has 1 rings (SSSR count). The normalized spacial score (nSPS) is 13.2. The van der Waals surface area contributed by atoms with Crippen LogP contribution >= 0.6 is 0 Å². The second-order valence-electron chi connectivity index (χ2n) is 3.28. The van der Waals surface area contributed by atoms with Crippen LogP contribution in [0.4, 0.5) is 0 Å². The highest BCUT2D eigenvalue weighted by atomic mass is 16.7. The molecule has 0 heterocycles. The van der Waals surface area contributed by atoms with E-state index in [0.717, 1.165) is 5.56 Å². The maximum atomic E-state index is 5.96. The molecule has 0 aliphatic carbocycles. The van der Waals surface area contributed by atoms with Gasteiger partial charge in [0.2, 0.25) is 0 Å². The SMILES string of the molecule is COC(OC)C(N)c1ccc(C)cc1. The van der Waals surface area contributed by atoms with Gasteiger partial charge < -0.3 is 15.2 Å². The molecule has 1 aromatic rings. The molecule has 0 amide bonds. The lowest BCUT2D eigenvalue weighted by Crippen LogP contribution is -2.29. The van der Waals surface area contributed by atoms with Crippen LogP contribution in [-0.2, 0) is 9.47 Å². The molecule has 1 aromatic carbocycles. The van der Waals surface area contributed by atoms with E-state index >= 15 is 0 Å². The van der Waals surface area contributed by atoms with Crippen molar-refractivity contribution in [2.75, 3.05) is 14.2 Å². The predicted octanol–water partition coefficient (Wildman–Crippen LogP) is 1.61. The van der Waals surface area contributed by atoms with Crippen LogP contribution < -0.4 is 5.73 Å². The van der Waals surface area contributed by atoms with Crippen LogP contribution in [0.3, 0.4) is 0 Å². The molecule has 3 heteroatoms. The van der Waals surface area contributed by atoms with Crippen molar-refractivity contribution in [3.8, 4) is 0 Å². The Labute approximate surface area is 84.8 Å². The highest BCUT2D eigenvalue weighted by Gasteiger charge is 2.17. The van der Waals surface area contributed by atoms with E-state index in [4.69, 9.17) is 15.2 Å². The summed E-state index contributed by atoms with van der Waals surface area (Å²) in [5.41, 5.74) is 8.19. The first-order chi connectivity index (χ1) is 6.69. The van der Waals surface area contributed by atoms with E-state index in [9.17, 15) is 0 Å². The van der Waals surface area contributed by atoms with Crippen molar-refractivity contribution < 1.29 is 9.47 Å². The third-order valence-corrected chi connectivity index (χ3v) is 2.22. The fraction of sp³-hybridized carbons (Fsp3) is 0.455. The van der Waals surface area contributed by atoms with Gasteiger partial charge in [0, 0.05) is 14.2 Å². The molecular formula is C11H17NO2. The lowest BCUT2D eigenvalue weighted by molar-refractivity contribution is -0.117. The van der Waals surface area contributed by atoms with E-state index in [1.165, 1.54) is 5.56 Å². The maximum absolute atomic E-state index is 5.96. The molecule has 0 radical (unpaired) electrons. The number of benzene rings is 1. The van der Waals surface area contributed by atoms with Gasteiger partial charge >= 0.3 is 0 Å². The van der Waals surface area contributed by atoms with E-state index in [2.05, 4.69) is 0 Å². The standard InChI is InChI=1S/C11H17NO2/c1-8-4-6-9(7-5-8)10(12)11(13-2)14-3/h4-7,10-11H,12H2,1-3H3. The molecule has 1 atom stereocenters. The topological polar surface area (TPSA) is 44.5 Å². The molecular weight excluding hydrogens is 178 g/mol. The zero-order valence-corrected chi connectivity index (χ0v) is 8.86. The molecule has 0 saturated heterocycles. The number of methoxy groups -OCH3 is 2. The minimum Gasteiger partial charge on any atom is -0.354 e. The largest absolute Gasteiger partial charge is 0.354 e. The molecule has 0 spiro atoms. The lowest BCUT2D eigenvalue weighted by atomic mass is 10.1. The third-order valence-electron chi connectivity index (χ3n) is 2.22. The van der Waals surface area contributed by atoms with Crippen LogP contribution in [0, 0.1) is 6.92 Å². The summed E-state index contributed by atoms with van der Waals surface area (Å²) in [6.07, 6.45) is -0.391. The van der Waals surface area contributed by atoms with E-state index in [1.54, 1.807) is 14.2 Å². The molecule has 0 aliphatic rings. The summed E-state index contributed by atoms with van der Waals surface area (Å²) in [7, 11) is 3.17. The summed E-state index contributed by atoms with van der Waals surface area (Å²) in [5, 5.41) is 0. The van der Waals surface area contributed by atoms with Gasteiger partial charge in [0.15, 0.2) is 6.29 Å². The van der Waals surface area contributed by atoms with E-state index in [-0.39, 0.29) is 6.04 Å². The van der Waals surface area contributed by atoms with Crippen LogP contribution in [-0.4, -0.2) is 20.5 Å². The van der Waals surface area contributed by atoms with E-state index in [0.29, 0.717) is 0 Å². The lowest BCUT2D eigenvalue weighted by Gasteiger charge is -2.21. The molecule has 3 nitrogen and oxygen atoms in total. The van der Waals surface area contributed by atoms with Gasteiger partial charge in [0.25, 0.3) is 0 Å². The molecule has 0 aliphatic heterocycles. The van der Waals surface area contributed by atoms with Gasteiger partial charge in [0.1, 0.15) is 0 Å². The molecule has 0 bridgehead atoms. The predicted molar refractivity (Wildman–Crippen MR) is 55.9 cm³/mol. The van der Waals surface area contributed by atoms with Gasteiger partial charge in [-0.3, -0.25) is 0 Å². The number of nitrogens with two attached hydrogens (primary N) is 1. The summed E-state index contributed by atoms with van der Waals surface area (Å²) < 4.78 is 10.2. The maximum Gasteiger partial charge on any atom is 0.175 e. The zero-order chi connectivity index (χ0) is 10.6. The Morgan fingerprint density at radius 2 is 1.57 bits per heavy atom. The minimum atomic E-state index is -0.391. The smallest absolute Gasteiger partial charge is 0.175 e. The third kappa shape index (κ3) is 2.54. The highest BCUT2D eigenvalue weighted by molar-refractivity contribution is 5.24. The average Bonchev–Trinajstić information content (AvgIpc) is 2.20. The Morgan fingerprint density at radius 3 is 2.00 bits per heavy atom. The van der Waals surface area contributed by atoms with Gasteiger partial charge in [-0.05, 0) is 12.5 Å². The van der Waals surface area contributed by atoms with Crippen LogP contribution in [0.5, 0.6) is 0 Å². The van der Waals surface area contributed by atoms with Crippen molar-refractivity contribution in [2.45, 2.75) is 19.3 Å². The van der Waals surface area contributed by atoms with Gasteiger partial charge in [-0.15, -0.1) is 0 Å². The second kappa shape index (κ2) is 5.10. The summed E-state index contributed by atoms with van der Waals surface area (Å²) in [5.74, 6) is 0. The van der Waals surface area contributed by atoms with Crippen molar-refractivity contribution in [1.29, 1.82) is 0 Å². The molecule has 0 fully saturated rings. The number of rotatable bonds is 4. The molecule has 0 aromatic heterocycles. The second-order valence-corrected chi connectivity index (χ2v) is 3.28. The fourth-order valence-corrected chi connectivity index (χ4v) is 1.34. The summed E-state index contributed by atoms with van der Waals surface area (Å²) in [6.45, 7) is 2.04. The first-order valence-corrected chi connectivity index (χ1v) is 4.56. The molecule has 78 valence electrons. The average molecular weight is 195 g/mol. The van der Waals surface area contributed by atoms with Crippen molar-refractivity contribution >= 4 is 0 Å². The fourth-order valence-electron chi connectivity index (χ4n) is 1.34. The number of hydrogen-bond donors (Lipinski definition) is 1. The first kappa shape index (κ1) is 11.2. The van der Waals surface area contributed by atoms with Crippen molar-refractivity contribution in [3.63, 3.8) is 0 Å². The van der Waals surface area contributed by atoms with Gasteiger partial charge in [-0.1, -0.05) is 29.8 Å². The van der Waals surface area contributed by atoms with Gasteiger partial charge in [-0.2, -0.15) is 0 Å². The molecule has 14 heavy (non-hydrogen) atoms. The van der Waals surface area contributed by atoms with E-state index in [1.807, 2.05) is 31.2 Å². The van der Waals surface area contributed by atoms with Crippen LogP contribution in [0.2, 0.25) is 0 Å². The van der Waals surface area contributed by atoms with Crippen molar-refractivity contribution in [3.05, 3.63) is 35.4 Å². The first-order valence-electron chi connectivity index (χ1n) is 4.56. The number of ether oxygens (including phenoxy) is 2. The van der Waals surface area contributed by atoms with Gasteiger partial charge in [-0.25, -0.2) is 0 Å². The highest BCUT2D eigenvalue weighted by Crippen LogP contribution is 2.17. The van der Waals surface area contributed by atoms with Crippen molar-refractivity contribution in [2.24, 2.45) is 5.73 Å². The Bertz CT molecular complexity index is 267. The Kier molecular flexibility index (Phi) is 4.07. The summed E-state index contributed by atoms with van der Waals surface area (Å²) >= 11 is 0. The summed E-state index contributed by atoms with van der Waals surface area (Å²) in [6, 6.07) is 7.79. The Hall–Kier alpha value is -0.900. The number of aryl methyl sites for hydroxylation is 1. The van der Waals surface area contributed by atoms with Crippen LogP contribution in [0.1, 0.15) is 17.2 Å². The molecule has 0 saturated carbocycles. The summed E-state index contributed by atoms with van der Waals surface area (Å²) in [4.78, 5) is 0. The van der Waals surface area contributed by atoms with Crippen molar-refractivity contribution in [1.82, 2.24) is 0 Å². The van der Waals surface area contributed by atoms with E-state index < -0.39 is 6.29 Å². The van der Waals surface area contributed by atoms with Gasteiger partial charge in [0.05, 0.1) is 6.04 Å². The Balaban J connectivity index is 2.77. The van der Waals surface area contributed by atoms with Crippen LogP contribution in [0.25, 0.3) is 0 Å². The molecule has 2 N–H and O–H groups in total. The quantitative estimate of drug-likeness (QED) is 0.742. The number of hydrogen-bond acceptors (Lipinski definition) is 3. The molecule has 1 unspecified atom stereocenters. The zero-order valence-electron chi connectivity index (χ0n) is 8.86. The van der Waals surface area contributed by atoms with Crippen LogP contribution in [0.15, 0.2) is 24.3 Å².